The molecule has 0 aliphatic carbocycles. The summed E-state index contributed by atoms with van der Waals surface area (Å²) >= 11 is 5.84. The van der Waals surface area contributed by atoms with Gasteiger partial charge in [-0.1, -0.05) is 11.6 Å². The zero-order valence-electron chi connectivity index (χ0n) is 25.0. The van der Waals surface area contributed by atoms with E-state index >= 15 is 0 Å². The summed E-state index contributed by atoms with van der Waals surface area (Å²) in [6, 6.07) is 9.98. The van der Waals surface area contributed by atoms with Crippen molar-refractivity contribution in [1.29, 1.82) is 0 Å². The van der Waals surface area contributed by atoms with Crippen LogP contribution < -0.4 is 20.1 Å². The summed E-state index contributed by atoms with van der Waals surface area (Å²) in [5.74, 6) is -2.08. The average Bonchev–Trinajstić information content (AvgIpc) is 2.98. The number of piperidine rings is 1. The molecule has 0 atom stereocenters. The van der Waals surface area contributed by atoms with Gasteiger partial charge in [-0.3, -0.25) is 9.59 Å². The number of likely N-dealkylation sites (tertiary alicyclic amines) is 1. The fraction of sp³-hybridized carbons (Fsp3) is 0.333. The first kappa shape index (κ1) is 33.6. The van der Waals surface area contributed by atoms with Gasteiger partial charge in [0.15, 0.2) is 0 Å². The minimum absolute atomic E-state index is 0.0172. The number of benzene rings is 2. The highest BCUT2D eigenvalue weighted by atomic mass is 35.5. The lowest BCUT2D eigenvalue weighted by Crippen LogP contribution is -2.44. The third-order valence-corrected chi connectivity index (χ3v) is 8.24. The molecular formula is C30H33ClFN5O7S. The summed E-state index contributed by atoms with van der Waals surface area (Å²) in [6.07, 6.45) is 1.21. The number of nitrogens with one attached hydrogen (secondary N) is 3. The standard InChI is InChI=1S/C30H33ClFN5O7S/c1-30(2,3)44-29(40)37-13-11-20(12-14-37)43-25-16-21(45(41,42)33-4)7-8-22(25)27(38)35-24-9-6-19(32)15-23(24)28(39)36-26-10-5-18(31)17-34-26/h5-10,15-17,20,33H,11-14H2,1-4H3,(H,35,38)(H,34,36,39). The summed E-state index contributed by atoms with van der Waals surface area (Å²) in [6.45, 7) is 5.98. The van der Waals surface area contributed by atoms with Crippen LogP contribution in [0, 0.1) is 5.82 Å². The molecule has 0 spiro atoms. The van der Waals surface area contributed by atoms with Gasteiger partial charge >= 0.3 is 6.09 Å². The minimum atomic E-state index is -3.90. The van der Waals surface area contributed by atoms with Crippen LogP contribution in [0.4, 0.5) is 20.7 Å². The second-order valence-electron chi connectivity index (χ2n) is 11.1. The maximum Gasteiger partial charge on any atom is 0.410 e. The number of hydrogen-bond donors (Lipinski definition) is 3. The van der Waals surface area contributed by atoms with Gasteiger partial charge in [0.2, 0.25) is 10.0 Å². The molecule has 1 aromatic heterocycles. The first-order chi connectivity index (χ1) is 21.1. The molecule has 3 N–H and O–H groups in total. The quantitative estimate of drug-likeness (QED) is 0.302. The Morgan fingerprint density at radius 3 is 2.29 bits per heavy atom. The number of ether oxygens (including phenoxy) is 2. The van der Waals surface area contributed by atoms with Crippen molar-refractivity contribution >= 4 is 51.0 Å². The van der Waals surface area contributed by atoms with E-state index in [2.05, 4.69) is 20.3 Å². The van der Waals surface area contributed by atoms with Crippen LogP contribution >= 0.6 is 11.6 Å². The van der Waals surface area contributed by atoms with Gasteiger partial charge in [0.1, 0.15) is 29.1 Å². The van der Waals surface area contributed by atoms with E-state index in [9.17, 15) is 27.2 Å². The van der Waals surface area contributed by atoms with Crippen molar-refractivity contribution < 1.29 is 36.7 Å². The van der Waals surface area contributed by atoms with E-state index in [4.69, 9.17) is 21.1 Å². The molecule has 45 heavy (non-hydrogen) atoms. The Balaban J connectivity index is 1.57. The van der Waals surface area contributed by atoms with Crippen LogP contribution in [0.25, 0.3) is 0 Å². The smallest absolute Gasteiger partial charge is 0.410 e. The first-order valence-electron chi connectivity index (χ1n) is 13.9. The SMILES string of the molecule is CNS(=O)(=O)c1ccc(C(=O)Nc2ccc(F)cc2C(=O)Nc2ccc(Cl)cn2)c(OC2CCN(C(=O)OC(C)(C)C)CC2)c1. The van der Waals surface area contributed by atoms with Crippen LogP contribution in [0.1, 0.15) is 54.3 Å². The molecule has 1 aliphatic heterocycles. The number of pyridine rings is 1. The number of hydrogen-bond acceptors (Lipinski definition) is 8. The lowest BCUT2D eigenvalue weighted by Gasteiger charge is -2.33. The molecule has 15 heteroatoms. The highest BCUT2D eigenvalue weighted by molar-refractivity contribution is 7.89. The molecule has 240 valence electrons. The first-order valence-corrected chi connectivity index (χ1v) is 15.8. The van der Waals surface area contributed by atoms with Crippen LogP contribution in [-0.2, 0) is 14.8 Å². The van der Waals surface area contributed by atoms with Gasteiger partial charge < -0.3 is 25.0 Å². The topological polar surface area (TPSA) is 156 Å². The number of sulfonamides is 1. The van der Waals surface area contributed by atoms with Gasteiger partial charge in [-0.05, 0) is 70.3 Å². The molecular weight excluding hydrogens is 629 g/mol. The Kier molecular flexibility index (Phi) is 10.3. The normalized spacial score (nSPS) is 14.0. The van der Waals surface area contributed by atoms with Crippen LogP contribution in [0.15, 0.2) is 59.6 Å². The fourth-order valence-electron chi connectivity index (χ4n) is 4.37. The fourth-order valence-corrected chi connectivity index (χ4v) is 5.23. The molecule has 0 saturated carbocycles. The Bertz CT molecular complexity index is 1690. The number of halogens is 2. The maximum absolute atomic E-state index is 14.2. The molecule has 3 amide bonds. The molecule has 2 aromatic carbocycles. The van der Waals surface area contributed by atoms with E-state index < -0.39 is 45.5 Å². The lowest BCUT2D eigenvalue weighted by molar-refractivity contribution is 0.0126. The molecule has 1 fully saturated rings. The van der Waals surface area contributed by atoms with Gasteiger partial charge in [-0.2, -0.15) is 0 Å². The summed E-state index contributed by atoms with van der Waals surface area (Å²) in [7, 11) is -2.64. The van der Waals surface area contributed by atoms with E-state index in [0.29, 0.717) is 31.0 Å². The summed E-state index contributed by atoms with van der Waals surface area (Å²) < 4.78 is 53.1. The molecule has 0 unspecified atom stereocenters. The van der Waals surface area contributed by atoms with Crippen molar-refractivity contribution in [2.75, 3.05) is 30.8 Å². The Labute approximate surface area is 265 Å². The number of carbonyl (C=O) groups excluding carboxylic acids is 3. The Hall–Kier alpha value is -4.27. The van der Waals surface area contributed by atoms with Crippen molar-refractivity contribution in [3.8, 4) is 5.75 Å². The number of nitrogens with zero attached hydrogens (tertiary/aromatic N) is 2. The van der Waals surface area contributed by atoms with Crippen LogP contribution in [-0.4, -0.2) is 68.1 Å². The van der Waals surface area contributed by atoms with Crippen molar-refractivity contribution in [2.24, 2.45) is 0 Å². The monoisotopic (exact) mass is 661 g/mol. The third-order valence-electron chi connectivity index (χ3n) is 6.61. The zero-order chi connectivity index (χ0) is 32.9. The summed E-state index contributed by atoms with van der Waals surface area (Å²) in [4.78, 5) is 44.5. The van der Waals surface area contributed by atoms with Gasteiger partial charge in [-0.25, -0.2) is 27.3 Å². The Morgan fingerprint density at radius 2 is 1.67 bits per heavy atom. The molecule has 12 nitrogen and oxygen atoms in total. The van der Waals surface area contributed by atoms with E-state index in [1.165, 1.54) is 49.6 Å². The van der Waals surface area contributed by atoms with Crippen LogP contribution in [0.5, 0.6) is 5.75 Å². The largest absolute Gasteiger partial charge is 0.489 e. The molecule has 3 aromatic rings. The minimum Gasteiger partial charge on any atom is -0.489 e. The maximum atomic E-state index is 14.2. The van der Waals surface area contributed by atoms with E-state index in [-0.39, 0.29) is 33.3 Å². The zero-order valence-corrected chi connectivity index (χ0v) is 26.6. The molecule has 2 heterocycles. The summed E-state index contributed by atoms with van der Waals surface area (Å²) in [5.41, 5.74) is -0.887. The number of rotatable bonds is 8. The van der Waals surface area contributed by atoms with E-state index in [1.807, 2.05) is 0 Å². The summed E-state index contributed by atoms with van der Waals surface area (Å²) in [5, 5.41) is 5.48. The van der Waals surface area contributed by atoms with Crippen molar-refractivity contribution in [3.05, 3.63) is 76.7 Å². The number of amides is 3. The van der Waals surface area contributed by atoms with Crippen molar-refractivity contribution in [2.45, 2.75) is 50.2 Å². The van der Waals surface area contributed by atoms with Crippen LogP contribution in [0.2, 0.25) is 5.02 Å². The van der Waals surface area contributed by atoms with Crippen LogP contribution in [0.3, 0.4) is 0 Å². The number of aromatic nitrogens is 1. The highest BCUT2D eigenvalue weighted by Crippen LogP contribution is 2.29. The van der Waals surface area contributed by atoms with Gasteiger partial charge in [0.25, 0.3) is 11.8 Å². The van der Waals surface area contributed by atoms with E-state index in [1.54, 1.807) is 25.7 Å². The molecule has 1 aliphatic rings. The molecule has 1 saturated heterocycles. The highest BCUT2D eigenvalue weighted by Gasteiger charge is 2.29. The van der Waals surface area contributed by atoms with Gasteiger partial charge in [0, 0.05) is 38.2 Å². The van der Waals surface area contributed by atoms with Crippen molar-refractivity contribution in [1.82, 2.24) is 14.6 Å². The Morgan fingerprint density at radius 1 is 0.978 bits per heavy atom. The molecule has 0 radical (unpaired) electrons. The number of carbonyl (C=O) groups is 3. The second kappa shape index (κ2) is 13.8. The lowest BCUT2D eigenvalue weighted by atomic mass is 10.1. The van der Waals surface area contributed by atoms with Gasteiger partial charge in [-0.15, -0.1) is 0 Å². The second-order valence-corrected chi connectivity index (χ2v) is 13.4. The van der Waals surface area contributed by atoms with E-state index in [0.717, 1.165) is 12.1 Å². The third kappa shape index (κ3) is 8.90. The predicted octanol–water partition coefficient (Wildman–Crippen LogP) is 5.07. The van der Waals surface area contributed by atoms with Crippen molar-refractivity contribution in [3.63, 3.8) is 0 Å². The predicted molar refractivity (Wildman–Crippen MR) is 166 cm³/mol. The molecule has 0 bridgehead atoms. The van der Waals surface area contributed by atoms with Gasteiger partial charge in [0.05, 0.1) is 26.7 Å². The molecule has 4 rings (SSSR count). The average molecular weight is 662 g/mol. The number of anilines is 2.